The molecule has 0 atom stereocenters. The third-order valence-electron chi connectivity index (χ3n) is 3.27. The van der Waals surface area contributed by atoms with Crippen LogP contribution in [0.5, 0.6) is 0 Å². The first-order valence-corrected chi connectivity index (χ1v) is 6.84. The lowest BCUT2D eigenvalue weighted by Gasteiger charge is -2.31. The smallest absolute Gasteiger partial charge is 0.0398 e. The van der Waals surface area contributed by atoms with Gasteiger partial charge in [-0.2, -0.15) is 0 Å². The molecule has 0 N–H and O–H groups in total. The van der Waals surface area contributed by atoms with Crippen LogP contribution < -0.4 is 4.90 Å². The summed E-state index contributed by atoms with van der Waals surface area (Å²) in [4.78, 5) is 2.53. The van der Waals surface area contributed by atoms with Crippen LogP contribution in [0.3, 0.4) is 0 Å². The molecule has 16 heavy (non-hydrogen) atoms. The van der Waals surface area contributed by atoms with Crippen molar-refractivity contribution in [2.75, 3.05) is 23.9 Å². The van der Waals surface area contributed by atoms with Crippen LogP contribution in [0.2, 0.25) is 0 Å². The van der Waals surface area contributed by atoms with Gasteiger partial charge < -0.3 is 4.90 Å². The van der Waals surface area contributed by atoms with Crippen molar-refractivity contribution in [2.24, 2.45) is 0 Å². The molecule has 1 aliphatic rings. The molecule has 0 radical (unpaired) electrons. The molecule has 0 saturated carbocycles. The van der Waals surface area contributed by atoms with Gasteiger partial charge in [0.05, 0.1) is 0 Å². The van der Waals surface area contributed by atoms with E-state index in [-0.39, 0.29) is 0 Å². The summed E-state index contributed by atoms with van der Waals surface area (Å²) in [5.74, 6) is 0.802. The zero-order valence-electron chi connectivity index (χ0n) is 9.79. The highest BCUT2D eigenvalue weighted by Gasteiger charge is 2.14. The molecule has 0 bridgehead atoms. The molecule has 2 rings (SSSR count). The molecule has 2 heteroatoms. The average molecular weight is 238 g/mol. The number of anilines is 1. The Labute approximate surface area is 103 Å². The number of hydrogen-bond donors (Lipinski definition) is 0. The zero-order valence-corrected chi connectivity index (χ0v) is 10.5. The number of hydrogen-bond acceptors (Lipinski definition) is 1. The Morgan fingerprint density at radius 3 is 2.88 bits per heavy atom. The highest BCUT2D eigenvalue weighted by Crippen LogP contribution is 2.26. The molecule has 88 valence electrons. The summed E-state index contributed by atoms with van der Waals surface area (Å²) < 4.78 is 0. The standard InChI is InChI=1S/C14H20ClN/c15-10-4-1-5-11-16-12-6-8-13-7-2-3-9-14(13)16/h2-3,7,9H,1,4-6,8,10-12H2. The minimum Gasteiger partial charge on any atom is -0.371 e. The first-order chi connectivity index (χ1) is 7.92. The van der Waals surface area contributed by atoms with E-state index in [1.54, 1.807) is 0 Å². The van der Waals surface area contributed by atoms with Crippen molar-refractivity contribution < 1.29 is 0 Å². The summed E-state index contributed by atoms with van der Waals surface area (Å²) in [6, 6.07) is 8.82. The molecule has 1 heterocycles. The molecule has 0 saturated heterocycles. The van der Waals surface area contributed by atoms with Crippen LogP contribution in [-0.4, -0.2) is 19.0 Å². The van der Waals surface area contributed by atoms with E-state index in [1.807, 2.05) is 0 Å². The summed E-state index contributed by atoms with van der Waals surface area (Å²) in [6.45, 7) is 2.41. The van der Waals surface area contributed by atoms with E-state index in [0.29, 0.717) is 0 Å². The Balaban J connectivity index is 1.91. The first-order valence-electron chi connectivity index (χ1n) is 6.30. The van der Waals surface area contributed by atoms with Crippen LogP contribution in [0.15, 0.2) is 24.3 Å². The van der Waals surface area contributed by atoms with Crippen molar-refractivity contribution in [3.63, 3.8) is 0 Å². The third kappa shape index (κ3) is 2.91. The Morgan fingerprint density at radius 1 is 1.12 bits per heavy atom. The number of benzene rings is 1. The highest BCUT2D eigenvalue weighted by molar-refractivity contribution is 6.17. The normalized spacial score (nSPS) is 14.9. The minimum absolute atomic E-state index is 0.802. The molecule has 1 aromatic rings. The van der Waals surface area contributed by atoms with Crippen molar-refractivity contribution in [3.05, 3.63) is 29.8 Å². The lowest BCUT2D eigenvalue weighted by Crippen LogP contribution is -2.30. The first kappa shape index (κ1) is 11.8. The summed E-state index contributed by atoms with van der Waals surface area (Å²) in [6.07, 6.45) is 6.21. The number of nitrogens with zero attached hydrogens (tertiary/aromatic N) is 1. The maximum atomic E-state index is 5.69. The van der Waals surface area contributed by atoms with E-state index in [1.165, 1.54) is 50.0 Å². The van der Waals surface area contributed by atoms with Crippen molar-refractivity contribution in [3.8, 4) is 0 Å². The van der Waals surface area contributed by atoms with E-state index >= 15 is 0 Å². The number of fused-ring (bicyclic) bond motifs is 1. The van der Waals surface area contributed by atoms with Crippen LogP contribution in [-0.2, 0) is 6.42 Å². The molecule has 0 fully saturated rings. The average Bonchev–Trinajstić information content (AvgIpc) is 2.35. The van der Waals surface area contributed by atoms with Crippen LogP contribution in [0, 0.1) is 0 Å². The van der Waals surface area contributed by atoms with Gasteiger partial charge in [-0.3, -0.25) is 0 Å². The van der Waals surface area contributed by atoms with Gasteiger partial charge in [-0.1, -0.05) is 24.6 Å². The summed E-state index contributed by atoms with van der Waals surface area (Å²) in [5.41, 5.74) is 2.98. The number of para-hydroxylation sites is 1. The largest absolute Gasteiger partial charge is 0.371 e. The van der Waals surface area contributed by atoms with Crippen LogP contribution >= 0.6 is 11.6 Å². The van der Waals surface area contributed by atoms with Gasteiger partial charge >= 0.3 is 0 Å². The molecule has 0 aromatic heterocycles. The van der Waals surface area contributed by atoms with E-state index in [0.717, 1.165) is 12.3 Å². The molecule has 0 unspecified atom stereocenters. The monoisotopic (exact) mass is 237 g/mol. The fraction of sp³-hybridized carbons (Fsp3) is 0.571. The molecule has 1 nitrogen and oxygen atoms in total. The lowest BCUT2D eigenvalue weighted by atomic mass is 10.0. The minimum atomic E-state index is 0.802. The quantitative estimate of drug-likeness (QED) is 0.556. The molecular weight excluding hydrogens is 218 g/mol. The van der Waals surface area contributed by atoms with Gasteiger partial charge in [0.15, 0.2) is 0 Å². The van der Waals surface area contributed by atoms with Crippen LogP contribution in [0.1, 0.15) is 31.2 Å². The van der Waals surface area contributed by atoms with Gasteiger partial charge in [0.1, 0.15) is 0 Å². The second-order valence-corrected chi connectivity index (χ2v) is 4.85. The van der Waals surface area contributed by atoms with E-state index in [2.05, 4.69) is 29.2 Å². The number of rotatable bonds is 5. The fourth-order valence-electron chi connectivity index (χ4n) is 2.42. The summed E-state index contributed by atoms with van der Waals surface area (Å²) in [7, 11) is 0. The Bertz CT molecular complexity index is 324. The summed E-state index contributed by atoms with van der Waals surface area (Å²) in [5, 5.41) is 0. The van der Waals surface area contributed by atoms with E-state index < -0.39 is 0 Å². The Morgan fingerprint density at radius 2 is 2.00 bits per heavy atom. The van der Waals surface area contributed by atoms with Crippen molar-refractivity contribution in [1.29, 1.82) is 0 Å². The lowest BCUT2D eigenvalue weighted by molar-refractivity contribution is 0.639. The number of halogens is 1. The van der Waals surface area contributed by atoms with Crippen LogP contribution in [0.25, 0.3) is 0 Å². The predicted octanol–water partition coefficient (Wildman–Crippen LogP) is 3.85. The molecule has 0 amide bonds. The second-order valence-electron chi connectivity index (χ2n) is 4.47. The molecular formula is C14H20ClN. The highest BCUT2D eigenvalue weighted by atomic mass is 35.5. The zero-order chi connectivity index (χ0) is 11.2. The van der Waals surface area contributed by atoms with Crippen LogP contribution in [0.4, 0.5) is 5.69 Å². The molecule has 0 aliphatic carbocycles. The number of aryl methyl sites for hydroxylation is 1. The maximum absolute atomic E-state index is 5.69. The fourth-order valence-corrected chi connectivity index (χ4v) is 2.61. The summed E-state index contributed by atoms with van der Waals surface area (Å²) >= 11 is 5.69. The predicted molar refractivity (Wildman–Crippen MR) is 71.5 cm³/mol. The number of unbranched alkanes of at least 4 members (excludes halogenated alkanes) is 2. The van der Waals surface area contributed by atoms with E-state index in [9.17, 15) is 0 Å². The Kier molecular flexibility index (Phi) is 4.53. The van der Waals surface area contributed by atoms with E-state index in [4.69, 9.17) is 11.6 Å². The molecule has 1 aromatic carbocycles. The number of alkyl halides is 1. The Hall–Kier alpha value is -0.690. The van der Waals surface area contributed by atoms with Gasteiger partial charge in [0.2, 0.25) is 0 Å². The third-order valence-corrected chi connectivity index (χ3v) is 3.54. The van der Waals surface area contributed by atoms with Gasteiger partial charge in [-0.15, -0.1) is 11.6 Å². The van der Waals surface area contributed by atoms with Gasteiger partial charge in [0, 0.05) is 24.7 Å². The van der Waals surface area contributed by atoms with Crippen molar-refractivity contribution in [1.82, 2.24) is 0 Å². The molecule has 0 spiro atoms. The van der Waals surface area contributed by atoms with Crippen molar-refractivity contribution in [2.45, 2.75) is 32.1 Å². The van der Waals surface area contributed by atoms with Gasteiger partial charge in [0.25, 0.3) is 0 Å². The second kappa shape index (κ2) is 6.15. The SMILES string of the molecule is ClCCCCCN1CCCc2ccccc21. The van der Waals surface area contributed by atoms with Gasteiger partial charge in [-0.25, -0.2) is 0 Å². The van der Waals surface area contributed by atoms with Crippen molar-refractivity contribution >= 4 is 17.3 Å². The van der Waals surface area contributed by atoms with Gasteiger partial charge in [-0.05, 0) is 37.3 Å². The topological polar surface area (TPSA) is 3.24 Å². The maximum Gasteiger partial charge on any atom is 0.0398 e. The molecule has 1 aliphatic heterocycles.